The van der Waals surface area contributed by atoms with Gasteiger partial charge in [0.25, 0.3) is 5.91 Å². The SMILES string of the molecule is CC[C@@H](NC(=O)C(=O)C(C)NC(=O)[C@H](CS(N)(=O)=O)NC)c1ccccc1. The fraction of sp³-hybridized carbons (Fsp3) is 0.471. The van der Waals surface area contributed by atoms with Crippen molar-refractivity contribution < 1.29 is 22.8 Å². The Balaban J connectivity index is 2.71. The van der Waals surface area contributed by atoms with E-state index in [2.05, 4.69) is 16.0 Å². The van der Waals surface area contributed by atoms with Crippen molar-refractivity contribution in [2.45, 2.75) is 38.4 Å². The summed E-state index contributed by atoms with van der Waals surface area (Å²) in [5, 5.41) is 12.4. The molecule has 5 N–H and O–H groups in total. The van der Waals surface area contributed by atoms with Gasteiger partial charge in [0.1, 0.15) is 6.04 Å². The summed E-state index contributed by atoms with van der Waals surface area (Å²) in [7, 11) is -2.50. The van der Waals surface area contributed by atoms with Crippen molar-refractivity contribution in [1.82, 2.24) is 16.0 Å². The molecule has 9 nitrogen and oxygen atoms in total. The zero-order valence-corrected chi connectivity index (χ0v) is 16.4. The van der Waals surface area contributed by atoms with Crippen molar-refractivity contribution in [3.05, 3.63) is 35.9 Å². The predicted octanol–water partition coefficient (Wildman–Crippen LogP) is -0.796. The van der Waals surface area contributed by atoms with E-state index in [0.29, 0.717) is 6.42 Å². The molecule has 0 spiro atoms. The third kappa shape index (κ3) is 7.45. The molecule has 0 aromatic heterocycles. The largest absolute Gasteiger partial charge is 0.345 e. The zero-order valence-electron chi connectivity index (χ0n) is 15.6. The number of rotatable bonds is 10. The van der Waals surface area contributed by atoms with E-state index in [1.165, 1.54) is 14.0 Å². The lowest BCUT2D eigenvalue weighted by molar-refractivity contribution is -0.140. The molecule has 0 heterocycles. The highest BCUT2D eigenvalue weighted by atomic mass is 32.2. The van der Waals surface area contributed by atoms with Crippen LogP contribution in [-0.2, 0) is 24.4 Å². The number of ketones is 1. The van der Waals surface area contributed by atoms with Gasteiger partial charge in [-0.05, 0) is 26.0 Å². The number of hydrogen-bond acceptors (Lipinski definition) is 6. The Morgan fingerprint density at radius 2 is 1.70 bits per heavy atom. The van der Waals surface area contributed by atoms with Crippen LogP contribution in [0.4, 0.5) is 0 Å². The van der Waals surface area contributed by atoms with E-state index in [1.807, 2.05) is 37.3 Å². The minimum absolute atomic E-state index is 0.335. The molecule has 150 valence electrons. The molecule has 1 aromatic rings. The van der Waals surface area contributed by atoms with E-state index >= 15 is 0 Å². The van der Waals surface area contributed by atoms with Gasteiger partial charge in [-0.3, -0.25) is 14.4 Å². The van der Waals surface area contributed by atoms with Gasteiger partial charge in [-0.15, -0.1) is 0 Å². The van der Waals surface area contributed by atoms with E-state index in [4.69, 9.17) is 5.14 Å². The van der Waals surface area contributed by atoms with Crippen LogP contribution in [-0.4, -0.2) is 50.9 Å². The first-order valence-corrected chi connectivity index (χ1v) is 10.2. The molecule has 0 aliphatic rings. The zero-order chi connectivity index (χ0) is 20.6. The smallest absolute Gasteiger partial charge is 0.290 e. The maximum absolute atomic E-state index is 12.3. The first-order chi connectivity index (χ1) is 12.6. The van der Waals surface area contributed by atoms with Gasteiger partial charge in [0.15, 0.2) is 0 Å². The molecule has 0 aliphatic heterocycles. The number of nitrogens with two attached hydrogens (primary N) is 1. The number of likely N-dealkylation sites (N-methyl/N-ethyl adjacent to an activating group) is 1. The van der Waals surface area contributed by atoms with Gasteiger partial charge in [-0.2, -0.15) is 0 Å². The molecule has 3 atom stereocenters. The monoisotopic (exact) mass is 398 g/mol. The standard InChI is InChI=1S/C17H26N4O5S/c1-4-13(12-8-6-5-7-9-12)21-17(24)15(22)11(2)20-16(23)14(19-3)10-27(18,25)26/h5-9,11,13-14,19H,4,10H2,1-3H3,(H,20,23)(H,21,24)(H2,18,25,26)/t11?,13-,14+/m1/s1. The fourth-order valence-corrected chi connectivity index (χ4v) is 3.22. The number of sulfonamides is 1. The lowest BCUT2D eigenvalue weighted by Crippen LogP contribution is -2.53. The lowest BCUT2D eigenvalue weighted by atomic mass is 10.0. The predicted molar refractivity (Wildman–Crippen MR) is 101 cm³/mol. The van der Waals surface area contributed by atoms with Crippen LogP contribution in [0, 0.1) is 0 Å². The van der Waals surface area contributed by atoms with Gasteiger partial charge in [0.2, 0.25) is 21.7 Å². The molecule has 2 amide bonds. The highest BCUT2D eigenvalue weighted by Crippen LogP contribution is 2.15. The second-order valence-electron chi connectivity index (χ2n) is 6.11. The number of benzene rings is 1. The van der Waals surface area contributed by atoms with Crippen molar-refractivity contribution in [3.63, 3.8) is 0 Å². The Hall–Kier alpha value is -2.30. The minimum atomic E-state index is -3.89. The van der Waals surface area contributed by atoms with Crippen LogP contribution >= 0.6 is 0 Å². The summed E-state index contributed by atoms with van der Waals surface area (Å²) in [6, 6.07) is 6.60. The summed E-state index contributed by atoms with van der Waals surface area (Å²) >= 11 is 0. The van der Waals surface area contributed by atoms with Crippen LogP contribution in [0.15, 0.2) is 30.3 Å². The van der Waals surface area contributed by atoms with Gasteiger partial charge < -0.3 is 16.0 Å². The van der Waals surface area contributed by atoms with Crippen LogP contribution < -0.4 is 21.1 Å². The first kappa shape index (κ1) is 22.7. The van der Waals surface area contributed by atoms with E-state index in [0.717, 1.165) is 5.56 Å². The number of Topliss-reactive ketones (excluding diaryl/α,β-unsaturated/α-hetero) is 1. The van der Waals surface area contributed by atoms with E-state index in [1.54, 1.807) is 0 Å². The summed E-state index contributed by atoms with van der Waals surface area (Å²) in [5.41, 5.74) is 0.862. The van der Waals surface area contributed by atoms with Gasteiger partial charge in [0, 0.05) is 0 Å². The molecule has 0 saturated carbocycles. The summed E-state index contributed by atoms with van der Waals surface area (Å²) in [6.45, 7) is 3.23. The van der Waals surface area contributed by atoms with Crippen molar-refractivity contribution in [2.24, 2.45) is 5.14 Å². The molecular weight excluding hydrogens is 372 g/mol. The molecule has 0 aliphatic carbocycles. The molecule has 1 unspecified atom stereocenters. The molecule has 1 rings (SSSR count). The quantitative estimate of drug-likeness (QED) is 0.380. The summed E-state index contributed by atoms with van der Waals surface area (Å²) in [4.78, 5) is 36.6. The number of nitrogens with one attached hydrogen (secondary N) is 3. The third-order valence-corrected chi connectivity index (χ3v) is 4.75. The Morgan fingerprint density at radius 3 is 2.19 bits per heavy atom. The normalized spacial score (nSPS) is 14.7. The molecule has 0 saturated heterocycles. The van der Waals surface area contributed by atoms with Crippen LogP contribution in [0.25, 0.3) is 0 Å². The van der Waals surface area contributed by atoms with Crippen LogP contribution in [0.5, 0.6) is 0 Å². The van der Waals surface area contributed by atoms with Crippen LogP contribution in [0.1, 0.15) is 31.9 Å². The molecule has 0 fully saturated rings. The highest BCUT2D eigenvalue weighted by Gasteiger charge is 2.28. The first-order valence-electron chi connectivity index (χ1n) is 8.46. The fourth-order valence-electron chi connectivity index (χ4n) is 2.43. The number of hydrogen-bond donors (Lipinski definition) is 4. The summed E-state index contributed by atoms with van der Waals surface area (Å²) < 4.78 is 22.3. The average Bonchev–Trinajstić information content (AvgIpc) is 2.62. The van der Waals surface area contributed by atoms with Crippen molar-refractivity contribution in [1.29, 1.82) is 0 Å². The third-order valence-electron chi connectivity index (χ3n) is 3.96. The molecule has 0 bridgehead atoms. The Bertz CT molecular complexity index is 767. The second-order valence-corrected chi connectivity index (χ2v) is 7.77. The summed E-state index contributed by atoms with van der Waals surface area (Å²) in [6.07, 6.45) is 0.583. The van der Waals surface area contributed by atoms with Crippen LogP contribution in [0.2, 0.25) is 0 Å². The Kier molecular flexibility index (Phi) is 8.54. The van der Waals surface area contributed by atoms with Gasteiger partial charge >= 0.3 is 0 Å². The van der Waals surface area contributed by atoms with Gasteiger partial charge in [-0.1, -0.05) is 37.3 Å². The topological polar surface area (TPSA) is 147 Å². The Labute approximate surface area is 159 Å². The maximum atomic E-state index is 12.3. The van der Waals surface area contributed by atoms with E-state index in [-0.39, 0.29) is 6.04 Å². The van der Waals surface area contributed by atoms with Gasteiger partial charge in [-0.25, -0.2) is 13.6 Å². The molecular formula is C17H26N4O5S. The molecule has 27 heavy (non-hydrogen) atoms. The molecule has 10 heteroatoms. The van der Waals surface area contributed by atoms with E-state index < -0.39 is 45.5 Å². The number of amides is 2. The van der Waals surface area contributed by atoms with Crippen molar-refractivity contribution in [3.8, 4) is 0 Å². The van der Waals surface area contributed by atoms with Crippen molar-refractivity contribution in [2.75, 3.05) is 12.8 Å². The minimum Gasteiger partial charge on any atom is -0.345 e. The average molecular weight is 398 g/mol. The highest BCUT2D eigenvalue weighted by molar-refractivity contribution is 7.89. The van der Waals surface area contributed by atoms with Gasteiger partial charge in [0.05, 0.1) is 17.8 Å². The number of primary sulfonamides is 1. The van der Waals surface area contributed by atoms with Crippen LogP contribution in [0.3, 0.4) is 0 Å². The maximum Gasteiger partial charge on any atom is 0.290 e. The Morgan fingerprint density at radius 1 is 1.11 bits per heavy atom. The molecule has 0 radical (unpaired) electrons. The lowest BCUT2D eigenvalue weighted by Gasteiger charge is -2.20. The summed E-state index contributed by atoms with van der Waals surface area (Å²) in [5.74, 6) is -3.03. The number of carbonyl (C=O) groups excluding carboxylic acids is 3. The van der Waals surface area contributed by atoms with E-state index in [9.17, 15) is 22.8 Å². The second kappa shape index (κ2) is 10.1. The molecule has 1 aromatic carbocycles. The number of carbonyl (C=O) groups is 3. The van der Waals surface area contributed by atoms with Crippen molar-refractivity contribution >= 4 is 27.6 Å².